The molecule has 0 aromatic rings. The third-order valence-corrected chi connectivity index (χ3v) is 1.12. The maximum Gasteiger partial charge on any atom is 0.313 e. The van der Waals surface area contributed by atoms with Gasteiger partial charge in [0.15, 0.2) is 0 Å². The number of hydrogen-bond donors (Lipinski definition) is 2. The van der Waals surface area contributed by atoms with E-state index < -0.39 is 5.97 Å². The SMILES string of the molecule is CCC=C(O)CC(=O)OCCO. The Labute approximate surface area is 71.5 Å². The molecule has 0 bridgehead atoms. The highest BCUT2D eigenvalue weighted by Crippen LogP contribution is 1.99. The number of aliphatic hydroxyl groups excluding tert-OH is 2. The lowest BCUT2D eigenvalue weighted by Gasteiger charge is -2.01. The van der Waals surface area contributed by atoms with Crippen LogP contribution in [0.5, 0.6) is 0 Å². The van der Waals surface area contributed by atoms with Crippen molar-refractivity contribution in [1.82, 2.24) is 0 Å². The van der Waals surface area contributed by atoms with Gasteiger partial charge in [-0.25, -0.2) is 0 Å². The predicted octanol–water partition coefficient (Wildman–Crippen LogP) is 0.764. The third-order valence-electron chi connectivity index (χ3n) is 1.12. The quantitative estimate of drug-likeness (QED) is 0.477. The molecule has 0 aromatic carbocycles. The largest absolute Gasteiger partial charge is 0.512 e. The van der Waals surface area contributed by atoms with E-state index in [1.807, 2.05) is 6.92 Å². The van der Waals surface area contributed by atoms with Crippen LogP contribution in [-0.4, -0.2) is 29.4 Å². The van der Waals surface area contributed by atoms with E-state index in [2.05, 4.69) is 4.74 Å². The first-order chi connectivity index (χ1) is 5.70. The fraction of sp³-hybridized carbons (Fsp3) is 0.625. The molecule has 0 heterocycles. The Morgan fingerprint density at radius 1 is 1.58 bits per heavy atom. The van der Waals surface area contributed by atoms with Crippen molar-refractivity contribution in [2.45, 2.75) is 19.8 Å². The second kappa shape index (κ2) is 6.67. The zero-order valence-corrected chi connectivity index (χ0v) is 7.12. The van der Waals surface area contributed by atoms with Crippen molar-refractivity contribution in [3.63, 3.8) is 0 Å². The normalized spacial score (nSPS) is 11.3. The van der Waals surface area contributed by atoms with Gasteiger partial charge in [-0.3, -0.25) is 4.79 Å². The van der Waals surface area contributed by atoms with E-state index in [-0.39, 0.29) is 25.4 Å². The summed E-state index contributed by atoms with van der Waals surface area (Å²) in [6.45, 7) is 1.65. The summed E-state index contributed by atoms with van der Waals surface area (Å²) in [5.74, 6) is -0.508. The minimum atomic E-state index is -0.522. The number of hydrogen-bond acceptors (Lipinski definition) is 4. The average molecular weight is 174 g/mol. The molecule has 0 aliphatic carbocycles. The number of rotatable bonds is 5. The smallest absolute Gasteiger partial charge is 0.313 e. The van der Waals surface area contributed by atoms with Crippen LogP contribution in [0, 0.1) is 0 Å². The molecule has 0 saturated heterocycles. The number of esters is 1. The van der Waals surface area contributed by atoms with Crippen LogP contribution in [0.4, 0.5) is 0 Å². The summed E-state index contributed by atoms with van der Waals surface area (Å²) >= 11 is 0. The van der Waals surface area contributed by atoms with Crippen LogP contribution in [0.2, 0.25) is 0 Å². The van der Waals surface area contributed by atoms with Crippen LogP contribution in [0.25, 0.3) is 0 Å². The van der Waals surface area contributed by atoms with Gasteiger partial charge in [-0.05, 0) is 12.5 Å². The summed E-state index contributed by atoms with van der Waals surface area (Å²) in [4.78, 5) is 10.8. The monoisotopic (exact) mass is 174 g/mol. The Balaban J connectivity index is 3.61. The Hall–Kier alpha value is -1.03. The van der Waals surface area contributed by atoms with Crippen molar-refractivity contribution in [2.75, 3.05) is 13.2 Å². The van der Waals surface area contributed by atoms with Gasteiger partial charge in [0.05, 0.1) is 12.4 Å². The molecule has 0 radical (unpaired) electrons. The van der Waals surface area contributed by atoms with Crippen molar-refractivity contribution in [3.05, 3.63) is 11.8 Å². The lowest BCUT2D eigenvalue weighted by molar-refractivity contribution is -0.144. The molecule has 0 atom stereocenters. The second-order valence-electron chi connectivity index (χ2n) is 2.22. The molecule has 0 aromatic heterocycles. The van der Waals surface area contributed by atoms with Gasteiger partial charge in [-0.2, -0.15) is 0 Å². The fourth-order valence-corrected chi connectivity index (χ4v) is 0.666. The predicted molar refractivity (Wildman–Crippen MR) is 43.7 cm³/mol. The highest BCUT2D eigenvalue weighted by Gasteiger charge is 2.04. The molecule has 4 heteroatoms. The van der Waals surface area contributed by atoms with E-state index in [9.17, 15) is 4.79 Å². The van der Waals surface area contributed by atoms with Crippen LogP contribution in [0.15, 0.2) is 11.8 Å². The zero-order valence-electron chi connectivity index (χ0n) is 7.12. The van der Waals surface area contributed by atoms with Crippen molar-refractivity contribution in [2.24, 2.45) is 0 Å². The molecular formula is C8H14O4. The van der Waals surface area contributed by atoms with E-state index in [0.29, 0.717) is 6.42 Å². The topological polar surface area (TPSA) is 66.8 Å². The van der Waals surface area contributed by atoms with Crippen molar-refractivity contribution in [3.8, 4) is 0 Å². The molecule has 0 unspecified atom stereocenters. The lowest BCUT2D eigenvalue weighted by atomic mass is 10.3. The first kappa shape index (κ1) is 11.0. The van der Waals surface area contributed by atoms with E-state index in [1.165, 1.54) is 0 Å². The summed E-state index contributed by atoms with van der Waals surface area (Å²) < 4.78 is 4.52. The minimum Gasteiger partial charge on any atom is -0.512 e. The first-order valence-corrected chi connectivity index (χ1v) is 3.85. The van der Waals surface area contributed by atoms with E-state index in [1.54, 1.807) is 6.08 Å². The molecular weight excluding hydrogens is 160 g/mol. The van der Waals surface area contributed by atoms with Gasteiger partial charge in [0, 0.05) is 0 Å². The standard InChI is InChI=1S/C8H14O4/c1-2-3-7(10)6-8(11)12-5-4-9/h3,9-10H,2,4-6H2,1H3. The number of carbonyl (C=O) groups excluding carboxylic acids is 1. The lowest BCUT2D eigenvalue weighted by Crippen LogP contribution is -2.08. The number of aliphatic hydroxyl groups is 2. The van der Waals surface area contributed by atoms with Crippen molar-refractivity contribution < 1.29 is 19.7 Å². The van der Waals surface area contributed by atoms with Crippen LogP contribution in [0.1, 0.15) is 19.8 Å². The molecule has 0 amide bonds. The Morgan fingerprint density at radius 2 is 2.25 bits per heavy atom. The Bertz CT molecular complexity index is 162. The highest BCUT2D eigenvalue weighted by molar-refractivity contribution is 5.71. The van der Waals surface area contributed by atoms with Gasteiger partial charge in [-0.1, -0.05) is 6.92 Å². The minimum absolute atomic E-state index is 0.0143. The maximum atomic E-state index is 10.8. The Kier molecular flexibility index (Phi) is 6.09. The van der Waals surface area contributed by atoms with Gasteiger partial charge in [0.1, 0.15) is 13.0 Å². The van der Waals surface area contributed by atoms with Gasteiger partial charge < -0.3 is 14.9 Å². The molecule has 0 saturated carbocycles. The Morgan fingerprint density at radius 3 is 2.75 bits per heavy atom. The summed E-state index contributed by atoms with van der Waals surface area (Å²) in [7, 11) is 0. The van der Waals surface area contributed by atoms with Gasteiger partial charge >= 0.3 is 5.97 Å². The van der Waals surface area contributed by atoms with E-state index in [4.69, 9.17) is 10.2 Å². The maximum absolute atomic E-state index is 10.8. The first-order valence-electron chi connectivity index (χ1n) is 3.85. The molecule has 2 N–H and O–H groups in total. The fourth-order valence-electron chi connectivity index (χ4n) is 0.666. The number of ether oxygens (including phenoxy) is 1. The van der Waals surface area contributed by atoms with Gasteiger partial charge in [-0.15, -0.1) is 0 Å². The van der Waals surface area contributed by atoms with Gasteiger partial charge in [0.2, 0.25) is 0 Å². The van der Waals surface area contributed by atoms with E-state index in [0.717, 1.165) is 0 Å². The van der Waals surface area contributed by atoms with Crippen LogP contribution in [-0.2, 0) is 9.53 Å². The molecule has 0 rings (SSSR count). The summed E-state index contributed by atoms with van der Waals surface area (Å²) in [5, 5.41) is 17.3. The van der Waals surface area contributed by atoms with Gasteiger partial charge in [0.25, 0.3) is 0 Å². The van der Waals surface area contributed by atoms with Crippen LogP contribution < -0.4 is 0 Å². The number of allylic oxidation sites excluding steroid dienone is 1. The second-order valence-corrected chi connectivity index (χ2v) is 2.22. The molecule has 4 nitrogen and oxygen atoms in total. The van der Waals surface area contributed by atoms with Crippen molar-refractivity contribution >= 4 is 5.97 Å². The van der Waals surface area contributed by atoms with Crippen LogP contribution >= 0.6 is 0 Å². The van der Waals surface area contributed by atoms with E-state index >= 15 is 0 Å². The molecule has 70 valence electrons. The molecule has 12 heavy (non-hydrogen) atoms. The highest BCUT2D eigenvalue weighted by atomic mass is 16.5. The third kappa shape index (κ3) is 5.73. The summed E-state index contributed by atoms with van der Waals surface area (Å²) in [5.41, 5.74) is 0. The molecule has 0 spiro atoms. The number of carbonyl (C=O) groups is 1. The molecule has 0 fully saturated rings. The average Bonchev–Trinajstić information content (AvgIpc) is 2.01. The van der Waals surface area contributed by atoms with Crippen molar-refractivity contribution in [1.29, 1.82) is 0 Å². The molecule has 0 aliphatic rings. The van der Waals surface area contributed by atoms with Crippen LogP contribution in [0.3, 0.4) is 0 Å². The zero-order chi connectivity index (χ0) is 9.40. The molecule has 0 aliphatic heterocycles. The summed E-state index contributed by atoms with van der Waals surface area (Å²) in [6, 6.07) is 0. The summed E-state index contributed by atoms with van der Waals surface area (Å²) in [6.07, 6.45) is 2.10.